The molecule has 0 aromatic heterocycles. The summed E-state index contributed by atoms with van der Waals surface area (Å²) in [5.41, 5.74) is 0. The molecular weight excluding hydrogens is 304 g/mol. The molecule has 48 valence electrons. The van der Waals surface area contributed by atoms with Crippen molar-refractivity contribution in [2.75, 3.05) is 5.33 Å². The number of rotatable bonds is 2. The molecule has 0 N–H and O–H groups in total. The van der Waals surface area contributed by atoms with Gasteiger partial charge in [-0.2, -0.15) is 0 Å². The van der Waals surface area contributed by atoms with E-state index in [0.717, 1.165) is 0 Å². The van der Waals surface area contributed by atoms with Gasteiger partial charge in [0.15, 0.2) is 5.78 Å². The molecule has 0 radical (unpaired) electrons. The van der Waals surface area contributed by atoms with Crippen LogP contribution in [-0.4, -0.2) is 14.3 Å². The molecule has 0 aromatic carbocycles. The number of halogens is 3. The molecule has 0 rings (SSSR count). The van der Waals surface area contributed by atoms with Gasteiger partial charge in [-0.1, -0.05) is 47.8 Å². The summed E-state index contributed by atoms with van der Waals surface area (Å²) in [7, 11) is 0. The van der Waals surface area contributed by atoms with Gasteiger partial charge in [0.2, 0.25) is 0 Å². The standard InChI is InChI=1S/C4H5Br3O/c1-3(8)4(6,7)2-5/h2H2,1H3. The zero-order chi connectivity index (χ0) is 6.78. The Labute approximate surface area is 73.6 Å². The summed E-state index contributed by atoms with van der Waals surface area (Å²) in [6.45, 7) is 1.52. The lowest BCUT2D eigenvalue weighted by molar-refractivity contribution is -0.116. The summed E-state index contributed by atoms with van der Waals surface area (Å²) in [6, 6.07) is 0. The molecule has 0 amide bonds. The predicted molar refractivity (Wildman–Crippen MR) is 45.1 cm³/mol. The van der Waals surface area contributed by atoms with E-state index in [-0.39, 0.29) is 5.78 Å². The molecule has 0 fully saturated rings. The molecule has 4 heteroatoms. The maximum absolute atomic E-state index is 10.6. The number of carbonyl (C=O) groups excluding carboxylic acids is 1. The summed E-state index contributed by atoms with van der Waals surface area (Å²) in [5, 5.41) is 0.579. The Morgan fingerprint density at radius 3 is 2.00 bits per heavy atom. The molecule has 0 aliphatic heterocycles. The Morgan fingerprint density at radius 1 is 1.62 bits per heavy atom. The molecular formula is C4H5Br3O. The lowest BCUT2D eigenvalue weighted by Crippen LogP contribution is -2.22. The number of carbonyl (C=O) groups is 1. The zero-order valence-corrected chi connectivity index (χ0v) is 9.01. The lowest BCUT2D eigenvalue weighted by atomic mass is 10.3. The van der Waals surface area contributed by atoms with Crippen molar-refractivity contribution in [2.45, 2.75) is 10.2 Å². The third kappa shape index (κ3) is 2.60. The second-order valence-electron chi connectivity index (χ2n) is 1.39. The van der Waals surface area contributed by atoms with Crippen LogP contribution in [0.25, 0.3) is 0 Å². The van der Waals surface area contributed by atoms with Crippen LogP contribution < -0.4 is 0 Å². The molecule has 0 saturated carbocycles. The van der Waals surface area contributed by atoms with Crippen molar-refractivity contribution in [1.82, 2.24) is 0 Å². The summed E-state index contributed by atoms with van der Waals surface area (Å²) >= 11 is 9.49. The van der Waals surface area contributed by atoms with Crippen LogP contribution in [0.3, 0.4) is 0 Å². The molecule has 0 aliphatic rings. The van der Waals surface area contributed by atoms with E-state index >= 15 is 0 Å². The van der Waals surface area contributed by atoms with Gasteiger partial charge in [-0.3, -0.25) is 4.79 Å². The number of hydrogen-bond acceptors (Lipinski definition) is 1. The minimum absolute atomic E-state index is 0.0642. The summed E-state index contributed by atoms with van der Waals surface area (Å²) in [4.78, 5) is 10.6. The van der Waals surface area contributed by atoms with E-state index in [2.05, 4.69) is 47.8 Å². The van der Waals surface area contributed by atoms with E-state index in [0.29, 0.717) is 5.33 Å². The molecule has 0 atom stereocenters. The fourth-order valence-corrected chi connectivity index (χ4v) is 0.489. The van der Waals surface area contributed by atoms with Gasteiger partial charge in [0, 0.05) is 5.33 Å². The van der Waals surface area contributed by atoms with E-state index in [1.807, 2.05) is 0 Å². The maximum atomic E-state index is 10.6. The minimum atomic E-state index is -0.556. The third-order valence-corrected chi connectivity index (χ3v) is 4.71. The Balaban J connectivity index is 3.91. The van der Waals surface area contributed by atoms with E-state index in [9.17, 15) is 4.79 Å². The minimum Gasteiger partial charge on any atom is -0.297 e. The molecule has 0 aliphatic carbocycles. The SMILES string of the molecule is CC(=O)C(Br)(Br)CBr. The van der Waals surface area contributed by atoms with E-state index in [1.54, 1.807) is 0 Å². The third-order valence-electron chi connectivity index (χ3n) is 0.683. The fraction of sp³-hybridized carbons (Fsp3) is 0.750. The van der Waals surface area contributed by atoms with Crippen LogP contribution in [0, 0.1) is 0 Å². The van der Waals surface area contributed by atoms with Gasteiger partial charge in [0.25, 0.3) is 0 Å². The highest BCUT2D eigenvalue weighted by Crippen LogP contribution is 2.28. The molecule has 8 heavy (non-hydrogen) atoms. The smallest absolute Gasteiger partial charge is 0.157 e. The van der Waals surface area contributed by atoms with Crippen LogP contribution in [0.4, 0.5) is 0 Å². The molecule has 1 nitrogen and oxygen atoms in total. The van der Waals surface area contributed by atoms with Crippen LogP contribution in [0.5, 0.6) is 0 Å². The fourth-order valence-electron chi connectivity index (χ4n) is 0.0941. The topological polar surface area (TPSA) is 17.1 Å². The summed E-state index contributed by atoms with van der Waals surface area (Å²) in [6.07, 6.45) is 0. The molecule has 0 bridgehead atoms. The molecule has 0 heterocycles. The second-order valence-corrected chi connectivity index (χ2v) is 5.73. The molecule has 0 spiro atoms. The first-order valence-electron chi connectivity index (χ1n) is 1.95. The van der Waals surface area contributed by atoms with Gasteiger partial charge in [-0.15, -0.1) is 0 Å². The van der Waals surface area contributed by atoms with Gasteiger partial charge in [0.1, 0.15) is 3.23 Å². The predicted octanol–water partition coefficient (Wildman–Crippen LogP) is 2.46. The highest BCUT2D eigenvalue weighted by atomic mass is 79.9. The van der Waals surface area contributed by atoms with Gasteiger partial charge >= 0.3 is 0 Å². The number of ketones is 1. The van der Waals surface area contributed by atoms with Crippen molar-refractivity contribution in [3.8, 4) is 0 Å². The monoisotopic (exact) mass is 306 g/mol. The number of hydrogen-bond donors (Lipinski definition) is 0. The average Bonchev–Trinajstić information content (AvgIpc) is 1.67. The summed E-state index contributed by atoms with van der Waals surface area (Å²) < 4.78 is -0.556. The molecule has 0 saturated heterocycles. The van der Waals surface area contributed by atoms with Crippen LogP contribution >= 0.6 is 47.8 Å². The first-order valence-corrected chi connectivity index (χ1v) is 4.66. The maximum Gasteiger partial charge on any atom is 0.157 e. The van der Waals surface area contributed by atoms with Crippen molar-refractivity contribution < 1.29 is 4.79 Å². The first-order chi connectivity index (χ1) is 3.50. The molecule has 0 unspecified atom stereocenters. The quantitative estimate of drug-likeness (QED) is 0.716. The largest absolute Gasteiger partial charge is 0.297 e. The highest BCUT2D eigenvalue weighted by molar-refractivity contribution is 9.26. The number of Topliss-reactive ketones (excluding diaryl/α,β-unsaturated/α-hetero) is 1. The normalized spacial score (nSPS) is 11.5. The Hall–Kier alpha value is 1.11. The van der Waals surface area contributed by atoms with Gasteiger partial charge in [0.05, 0.1) is 0 Å². The van der Waals surface area contributed by atoms with Crippen molar-refractivity contribution in [1.29, 1.82) is 0 Å². The van der Waals surface area contributed by atoms with Crippen molar-refractivity contribution in [3.05, 3.63) is 0 Å². The van der Waals surface area contributed by atoms with E-state index < -0.39 is 3.23 Å². The van der Waals surface area contributed by atoms with Crippen molar-refractivity contribution >= 4 is 53.6 Å². The van der Waals surface area contributed by atoms with Crippen molar-refractivity contribution in [2.24, 2.45) is 0 Å². The first kappa shape index (κ1) is 9.11. The second kappa shape index (κ2) is 3.32. The lowest BCUT2D eigenvalue weighted by Gasteiger charge is -2.10. The van der Waals surface area contributed by atoms with E-state index in [4.69, 9.17) is 0 Å². The van der Waals surface area contributed by atoms with Gasteiger partial charge in [-0.25, -0.2) is 0 Å². The van der Waals surface area contributed by atoms with E-state index in [1.165, 1.54) is 6.92 Å². The van der Waals surface area contributed by atoms with Crippen LogP contribution in [0.15, 0.2) is 0 Å². The zero-order valence-electron chi connectivity index (χ0n) is 4.25. The Morgan fingerprint density at radius 2 is 2.00 bits per heavy atom. The molecule has 0 aromatic rings. The highest BCUT2D eigenvalue weighted by Gasteiger charge is 2.26. The Bertz CT molecular complexity index is 99.5. The van der Waals surface area contributed by atoms with Crippen LogP contribution in [0.1, 0.15) is 6.92 Å². The summed E-state index contributed by atoms with van der Waals surface area (Å²) in [5.74, 6) is 0.0642. The van der Waals surface area contributed by atoms with Crippen molar-refractivity contribution in [3.63, 3.8) is 0 Å². The Kier molecular flexibility index (Phi) is 3.78. The van der Waals surface area contributed by atoms with Gasteiger partial charge in [-0.05, 0) is 6.92 Å². The van der Waals surface area contributed by atoms with Gasteiger partial charge < -0.3 is 0 Å². The number of alkyl halides is 3. The average molecular weight is 309 g/mol. The van der Waals surface area contributed by atoms with Crippen LogP contribution in [-0.2, 0) is 4.79 Å². The van der Waals surface area contributed by atoms with Crippen LogP contribution in [0.2, 0.25) is 0 Å².